The van der Waals surface area contributed by atoms with Gasteiger partial charge in [-0.15, -0.1) is 0 Å². The molecule has 0 atom stereocenters. The molecule has 4 aliphatic rings. The van der Waals surface area contributed by atoms with Crippen molar-refractivity contribution in [2.75, 3.05) is 138 Å². The van der Waals surface area contributed by atoms with E-state index < -0.39 is 37.3 Å². The van der Waals surface area contributed by atoms with Gasteiger partial charge in [0.25, 0.3) is 0 Å². The van der Waals surface area contributed by atoms with Gasteiger partial charge in [0.05, 0.1) is 55.3 Å². The van der Waals surface area contributed by atoms with Crippen molar-refractivity contribution in [3.8, 4) is 0 Å². The monoisotopic (exact) mass is 1090 g/mol. The number of methoxy groups -OCH3 is 1. The highest BCUT2D eigenvalue weighted by Gasteiger charge is 2.32. The van der Waals surface area contributed by atoms with Crippen LogP contribution in [0.5, 0.6) is 0 Å². The quantitative estimate of drug-likeness (QED) is 0.128. The van der Waals surface area contributed by atoms with Crippen LogP contribution in [-0.4, -0.2) is 198 Å². The van der Waals surface area contributed by atoms with Gasteiger partial charge in [0.1, 0.15) is 11.6 Å². The van der Waals surface area contributed by atoms with Crippen LogP contribution in [0.4, 0.5) is 29.7 Å². The third kappa shape index (κ3) is 15.6. The maximum Gasteiger partial charge on any atom is 0.337 e. The van der Waals surface area contributed by atoms with Gasteiger partial charge in [0, 0.05) is 120 Å². The molecule has 0 radical (unpaired) electrons. The molecular weight excluding hydrogens is 1020 g/mol. The highest BCUT2D eigenvalue weighted by atomic mass is 32.2. The summed E-state index contributed by atoms with van der Waals surface area (Å²) in [6.45, 7) is 16.2. The summed E-state index contributed by atoms with van der Waals surface area (Å²) in [5.74, 6) is -2.64. The number of Topliss-reactive ketones (excluding diaryl/α,β-unsaturated/α-hetero) is 1. The number of piperazine rings is 2. The molecular formula is C54H71F2N9O9S2. The fraction of sp³-hybridized carbons (Fsp3) is 0.481. The smallest absolute Gasteiger partial charge is 0.337 e. The third-order valence-corrected chi connectivity index (χ3v) is 17.7. The summed E-state index contributed by atoms with van der Waals surface area (Å²) < 4.78 is 82.2. The Morgan fingerprint density at radius 2 is 0.882 bits per heavy atom. The first-order chi connectivity index (χ1) is 36.4. The number of anilines is 2. The van der Waals surface area contributed by atoms with E-state index in [0.717, 1.165) is 102 Å². The van der Waals surface area contributed by atoms with Crippen molar-refractivity contribution < 1.29 is 49.5 Å². The van der Waals surface area contributed by atoms with Crippen molar-refractivity contribution in [2.45, 2.75) is 40.0 Å². The van der Waals surface area contributed by atoms with Gasteiger partial charge in [-0.25, -0.2) is 40.0 Å². The van der Waals surface area contributed by atoms with Crippen LogP contribution in [0.3, 0.4) is 0 Å². The fourth-order valence-corrected chi connectivity index (χ4v) is 11.9. The van der Waals surface area contributed by atoms with Crippen molar-refractivity contribution >= 4 is 54.9 Å². The van der Waals surface area contributed by atoms with E-state index in [0.29, 0.717) is 11.4 Å². The SMILES string of the molecule is CCN1CCN(Cc2ccc(N(Cc3ccc(C(=O)CN)cc3F)C(=O)N3CCS(=O)(=O)CC3)cc2)CC1.CCN1CCN(Cc2ccc(N(Cc3ccc(C(=O)OC)cc3F)C(=O)N3CCS(=O)(=O)CC3)cc2)CC1. The Morgan fingerprint density at radius 1 is 0.526 bits per heavy atom. The molecule has 412 valence electrons. The van der Waals surface area contributed by atoms with Crippen molar-refractivity contribution in [1.29, 1.82) is 0 Å². The zero-order chi connectivity index (χ0) is 54.6. The minimum absolute atomic E-state index is 0.0661. The minimum Gasteiger partial charge on any atom is -0.465 e. The lowest BCUT2D eigenvalue weighted by Crippen LogP contribution is -2.49. The van der Waals surface area contributed by atoms with Gasteiger partial charge in [-0.2, -0.15) is 0 Å². The van der Waals surface area contributed by atoms with E-state index in [2.05, 4.69) is 38.2 Å². The second-order valence-electron chi connectivity index (χ2n) is 19.5. The molecule has 22 heteroatoms. The number of esters is 1. The molecule has 4 aromatic rings. The van der Waals surface area contributed by atoms with Crippen molar-refractivity contribution in [1.82, 2.24) is 29.4 Å². The highest BCUT2D eigenvalue weighted by Crippen LogP contribution is 2.26. The first-order valence-electron chi connectivity index (χ1n) is 25.9. The Bertz CT molecular complexity index is 2660. The first kappa shape index (κ1) is 57.8. The molecule has 4 saturated heterocycles. The Balaban J connectivity index is 0.000000221. The molecule has 0 saturated carbocycles. The number of hydrogen-bond donors (Lipinski definition) is 1. The summed E-state index contributed by atoms with van der Waals surface area (Å²) in [4.78, 5) is 66.3. The number of carbonyl (C=O) groups excluding carboxylic acids is 4. The molecule has 4 fully saturated rings. The lowest BCUT2D eigenvalue weighted by Gasteiger charge is -2.34. The van der Waals surface area contributed by atoms with Gasteiger partial charge >= 0.3 is 18.0 Å². The largest absolute Gasteiger partial charge is 0.465 e. The van der Waals surface area contributed by atoms with Gasteiger partial charge in [0.2, 0.25) is 0 Å². The molecule has 4 aromatic carbocycles. The number of carbonyl (C=O) groups is 4. The Morgan fingerprint density at radius 3 is 1.22 bits per heavy atom. The van der Waals surface area contributed by atoms with Gasteiger partial charge in [-0.05, 0) is 66.7 Å². The van der Waals surface area contributed by atoms with Crippen LogP contribution in [-0.2, 0) is 50.6 Å². The highest BCUT2D eigenvalue weighted by molar-refractivity contribution is 7.91. The zero-order valence-corrected chi connectivity index (χ0v) is 45.4. The van der Waals surface area contributed by atoms with E-state index in [1.807, 2.05) is 48.5 Å². The number of likely N-dealkylation sites (N-methyl/N-ethyl adjacent to an activating group) is 2. The molecule has 0 spiro atoms. The second-order valence-corrected chi connectivity index (χ2v) is 24.1. The van der Waals surface area contributed by atoms with Gasteiger partial charge < -0.3 is 30.1 Å². The molecule has 18 nitrogen and oxygen atoms in total. The topological polar surface area (TPSA) is 198 Å². The second kappa shape index (κ2) is 26.4. The van der Waals surface area contributed by atoms with Gasteiger partial charge in [0.15, 0.2) is 25.5 Å². The van der Waals surface area contributed by atoms with E-state index in [1.165, 1.54) is 51.0 Å². The maximum atomic E-state index is 15.0. The van der Waals surface area contributed by atoms with Crippen molar-refractivity contribution in [2.24, 2.45) is 5.73 Å². The van der Waals surface area contributed by atoms with Gasteiger partial charge in [-0.1, -0.05) is 56.3 Å². The normalized spacial score (nSPS) is 18.3. The van der Waals surface area contributed by atoms with Crippen LogP contribution >= 0.6 is 0 Å². The van der Waals surface area contributed by atoms with E-state index in [-0.39, 0.29) is 109 Å². The molecule has 0 aromatic heterocycles. The maximum absolute atomic E-state index is 15.0. The number of hydrogen-bond acceptors (Lipinski definition) is 14. The van der Waals surface area contributed by atoms with Crippen molar-refractivity contribution in [3.63, 3.8) is 0 Å². The zero-order valence-electron chi connectivity index (χ0n) is 43.7. The summed E-state index contributed by atoms with van der Waals surface area (Å²) in [7, 11) is -5.11. The molecule has 4 heterocycles. The van der Waals surface area contributed by atoms with Crippen LogP contribution in [0.2, 0.25) is 0 Å². The van der Waals surface area contributed by atoms with Crippen LogP contribution in [0.1, 0.15) is 56.8 Å². The predicted octanol–water partition coefficient (Wildman–Crippen LogP) is 4.57. The summed E-state index contributed by atoms with van der Waals surface area (Å²) in [5, 5.41) is 0. The fourth-order valence-electron chi connectivity index (χ4n) is 9.52. The molecule has 4 amide bonds. The molecule has 0 aliphatic carbocycles. The lowest BCUT2D eigenvalue weighted by atomic mass is 10.1. The van der Waals surface area contributed by atoms with E-state index >= 15 is 0 Å². The number of benzene rings is 4. The number of ether oxygens (including phenoxy) is 1. The Kier molecular flexibility index (Phi) is 20.1. The number of amides is 4. The third-order valence-electron chi connectivity index (χ3n) is 14.5. The van der Waals surface area contributed by atoms with Crippen LogP contribution in [0.15, 0.2) is 84.9 Å². The summed E-state index contributed by atoms with van der Waals surface area (Å²) >= 11 is 0. The Hall–Kier alpha value is -5.88. The Labute approximate surface area is 445 Å². The van der Waals surface area contributed by atoms with Crippen LogP contribution in [0.25, 0.3) is 0 Å². The number of nitrogens with two attached hydrogens (primary N) is 1. The standard InChI is InChI=1S/C27H36FN5O4S.C27H35FN4O5S/c1-2-30-9-11-31(12-10-30)19-21-3-7-24(8-4-21)33(27(35)32-13-15-38(36,37)16-14-32)20-23-6-5-22(17-25(23)28)26(34)18-29;1-3-29-10-12-30(13-11-29)19-21-4-8-24(9-5-21)32(27(34)31-14-16-38(35,36)17-15-31)20-23-7-6-22(18-25(23)28)26(33)37-2/h3-8,17H,2,9-16,18-20,29H2,1H3;4-9,18H,3,10-17,19-20H2,1-2H3. The van der Waals surface area contributed by atoms with Crippen LogP contribution in [0, 0.1) is 11.6 Å². The summed E-state index contributed by atoms with van der Waals surface area (Å²) in [6.07, 6.45) is 0. The minimum atomic E-state index is -3.17. The number of sulfone groups is 2. The molecule has 2 N–H and O–H groups in total. The number of urea groups is 2. The number of nitrogens with zero attached hydrogens (tertiary/aromatic N) is 8. The molecule has 0 unspecified atom stereocenters. The van der Waals surface area contributed by atoms with E-state index in [1.54, 1.807) is 0 Å². The number of rotatable bonds is 15. The summed E-state index contributed by atoms with van der Waals surface area (Å²) in [5.41, 5.74) is 9.53. The van der Waals surface area contributed by atoms with Crippen LogP contribution < -0.4 is 15.5 Å². The number of halogens is 2. The number of ketones is 1. The molecule has 4 aliphatic heterocycles. The average molecular weight is 1090 g/mol. The molecule has 0 bridgehead atoms. The van der Waals surface area contributed by atoms with Crippen molar-refractivity contribution in [3.05, 3.63) is 130 Å². The first-order valence-corrected chi connectivity index (χ1v) is 29.5. The lowest BCUT2D eigenvalue weighted by molar-refractivity contribution is 0.0599. The van der Waals surface area contributed by atoms with Gasteiger partial charge in [-0.3, -0.25) is 24.4 Å². The molecule has 8 rings (SSSR count). The molecule has 76 heavy (non-hydrogen) atoms. The predicted molar refractivity (Wildman–Crippen MR) is 289 cm³/mol. The van der Waals surface area contributed by atoms with E-state index in [9.17, 15) is 44.8 Å². The van der Waals surface area contributed by atoms with E-state index in [4.69, 9.17) is 5.73 Å². The summed E-state index contributed by atoms with van der Waals surface area (Å²) in [6, 6.07) is 22.7. The average Bonchev–Trinajstić information content (AvgIpc) is 3.42.